The first-order chi connectivity index (χ1) is 9.52. The van der Waals surface area contributed by atoms with Crippen LogP contribution < -0.4 is 0 Å². The summed E-state index contributed by atoms with van der Waals surface area (Å²) in [4.78, 5) is 11.3. The topological polar surface area (TPSA) is 61.2 Å². The highest BCUT2D eigenvalue weighted by molar-refractivity contribution is 7.84. The van der Waals surface area contributed by atoms with Gasteiger partial charge in [0.15, 0.2) is 0 Å². The highest BCUT2D eigenvalue weighted by Gasteiger charge is 2.18. The number of methoxy groups -OCH3 is 1. The zero-order chi connectivity index (χ0) is 14.7. The minimum absolute atomic E-state index is 0.289. The molecule has 0 saturated heterocycles. The Kier molecular flexibility index (Phi) is 4.54. The fourth-order valence-electron chi connectivity index (χ4n) is 2.15. The van der Waals surface area contributed by atoms with Crippen LogP contribution in [0, 0.1) is 5.92 Å². The van der Waals surface area contributed by atoms with Crippen molar-refractivity contribution in [1.29, 1.82) is 0 Å². The summed E-state index contributed by atoms with van der Waals surface area (Å²) >= 11 is 0. The molecule has 2 atom stereocenters. The van der Waals surface area contributed by atoms with Crippen molar-refractivity contribution >= 4 is 27.7 Å². The normalized spacial score (nSPS) is 14.2. The molecule has 0 saturated carbocycles. The molecule has 0 fully saturated rings. The van der Waals surface area contributed by atoms with Gasteiger partial charge in [-0.3, -0.25) is 13.7 Å². The van der Waals surface area contributed by atoms with Crippen LogP contribution in [0.5, 0.6) is 0 Å². The van der Waals surface area contributed by atoms with Crippen LogP contribution in [0.1, 0.15) is 12.6 Å². The second kappa shape index (κ2) is 6.17. The lowest BCUT2D eigenvalue weighted by Gasteiger charge is -2.07. The Bertz CT molecular complexity index is 651. The molecule has 6 heteroatoms. The van der Waals surface area contributed by atoms with Gasteiger partial charge < -0.3 is 4.74 Å². The monoisotopic (exact) mass is 294 g/mol. The molecule has 2 aromatic rings. The number of esters is 1. The Morgan fingerprint density at radius 1 is 1.45 bits per heavy atom. The number of hydrogen-bond acceptors (Lipinski definition) is 4. The van der Waals surface area contributed by atoms with E-state index in [1.54, 1.807) is 11.6 Å². The van der Waals surface area contributed by atoms with Crippen LogP contribution in [0.25, 0.3) is 10.9 Å². The number of ether oxygens (including phenoxy) is 1. The van der Waals surface area contributed by atoms with Crippen LogP contribution >= 0.6 is 0 Å². The van der Waals surface area contributed by atoms with Crippen molar-refractivity contribution in [3.05, 3.63) is 30.0 Å². The molecule has 0 N–H and O–H groups in total. The summed E-state index contributed by atoms with van der Waals surface area (Å²) in [6.45, 7) is 1.72. The van der Waals surface area contributed by atoms with E-state index < -0.39 is 10.8 Å². The molecule has 2 rings (SSSR count). The van der Waals surface area contributed by atoms with Crippen LogP contribution in [-0.4, -0.2) is 32.8 Å². The SMILES string of the molecule is COC(=O)C(C)CS(=O)Cc1nn(C)c2ccccc12. The molecule has 0 bridgehead atoms. The van der Waals surface area contributed by atoms with E-state index in [-0.39, 0.29) is 17.6 Å². The smallest absolute Gasteiger partial charge is 0.309 e. The number of aryl methyl sites for hydroxylation is 1. The summed E-state index contributed by atoms with van der Waals surface area (Å²) in [5.41, 5.74) is 1.82. The third-order valence-corrected chi connectivity index (χ3v) is 4.64. The number of nitrogens with zero attached hydrogens (tertiary/aromatic N) is 2. The molecule has 20 heavy (non-hydrogen) atoms. The molecular formula is C14H18N2O3S. The molecule has 0 aliphatic carbocycles. The molecule has 1 aromatic carbocycles. The number of carbonyl (C=O) groups is 1. The van der Waals surface area contributed by atoms with Crippen LogP contribution in [-0.2, 0) is 33.1 Å². The van der Waals surface area contributed by atoms with Gasteiger partial charge in [-0.2, -0.15) is 5.10 Å². The molecule has 5 nitrogen and oxygen atoms in total. The van der Waals surface area contributed by atoms with Gasteiger partial charge in [-0.25, -0.2) is 0 Å². The lowest BCUT2D eigenvalue weighted by atomic mass is 10.2. The highest BCUT2D eigenvalue weighted by atomic mass is 32.2. The minimum Gasteiger partial charge on any atom is -0.469 e. The van der Waals surface area contributed by atoms with Crippen molar-refractivity contribution < 1.29 is 13.7 Å². The average Bonchev–Trinajstić information content (AvgIpc) is 2.75. The minimum atomic E-state index is -1.14. The van der Waals surface area contributed by atoms with E-state index in [4.69, 9.17) is 0 Å². The molecule has 2 unspecified atom stereocenters. The fourth-order valence-corrected chi connectivity index (χ4v) is 3.48. The Hall–Kier alpha value is -1.69. The van der Waals surface area contributed by atoms with Crippen LogP contribution in [0.15, 0.2) is 24.3 Å². The van der Waals surface area contributed by atoms with Crippen LogP contribution in [0.4, 0.5) is 0 Å². The molecule has 0 spiro atoms. The predicted molar refractivity (Wildman–Crippen MR) is 78.6 cm³/mol. The Balaban J connectivity index is 2.12. The molecule has 1 aromatic heterocycles. The fraction of sp³-hybridized carbons (Fsp3) is 0.429. The molecular weight excluding hydrogens is 276 g/mol. The maximum absolute atomic E-state index is 12.2. The number of para-hydroxylation sites is 1. The van der Waals surface area contributed by atoms with Crippen molar-refractivity contribution in [2.45, 2.75) is 12.7 Å². The van der Waals surface area contributed by atoms with E-state index in [9.17, 15) is 9.00 Å². The van der Waals surface area contributed by atoms with Gasteiger partial charge in [-0.1, -0.05) is 25.1 Å². The zero-order valence-corrected chi connectivity index (χ0v) is 12.6. The summed E-state index contributed by atoms with van der Waals surface area (Å²) in [6, 6.07) is 7.84. The van der Waals surface area contributed by atoms with E-state index in [1.165, 1.54) is 7.11 Å². The third kappa shape index (κ3) is 3.07. The number of hydrogen-bond donors (Lipinski definition) is 0. The largest absolute Gasteiger partial charge is 0.469 e. The van der Waals surface area contributed by atoms with Crippen molar-refractivity contribution in [3.8, 4) is 0 Å². The third-order valence-electron chi connectivity index (χ3n) is 3.17. The van der Waals surface area contributed by atoms with Gasteiger partial charge in [-0.15, -0.1) is 0 Å². The molecule has 0 aliphatic heterocycles. The number of fused-ring (bicyclic) bond motifs is 1. The summed E-state index contributed by atoms with van der Waals surface area (Å²) in [6.07, 6.45) is 0. The first kappa shape index (κ1) is 14.7. The highest BCUT2D eigenvalue weighted by Crippen LogP contribution is 2.19. The maximum Gasteiger partial charge on any atom is 0.309 e. The molecule has 108 valence electrons. The number of rotatable bonds is 5. The first-order valence-electron chi connectivity index (χ1n) is 6.36. The van der Waals surface area contributed by atoms with E-state index >= 15 is 0 Å². The average molecular weight is 294 g/mol. The Morgan fingerprint density at radius 2 is 2.15 bits per heavy atom. The summed E-state index contributed by atoms with van der Waals surface area (Å²) in [5, 5.41) is 5.42. The van der Waals surface area contributed by atoms with E-state index in [0.29, 0.717) is 5.75 Å². The lowest BCUT2D eigenvalue weighted by Crippen LogP contribution is -2.20. The summed E-state index contributed by atoms with van der Waals surface area (Å²) in [5.74, 6) is -0.0553. The number of benzene rings is 1. The van der Waals surface area contributed by atoms with Gasteiger partial charge in [0.05, 0.1) is 30.0 Å². The second-order valence-electron chi connectivity index (χ2n) is 4.76. The summed E-state index contributed by atoms with van der Waals surface area (Å²) in [7, 11) is 2.07. The first-order valence-corrected chi connectivity index (χ1v) is 7.85. The van der Waals surface area contributed by atoms with Gasteiger partial charge in [0.25, 0.3) is 0 Å². The molecule has 1 heterocycles. The zero-order valence-electron chi connectivity index (χ0n) is 11.8. The van der Waals surface area contributed by atoms with Gasteiger partial charge in [0.2, 0.25) is 0 Å². The lowest BCUT2D eigenvalue weighted by molar-refractivity contribution is -0.144. The van der Waals surface area contributed by atoms with Crippen LogP contribution in [0.3, 0.4) is 0 Å². The Labute approximate surface area is 120 Å². The van der Waals surface area contributed by atoms with Gasteiger partial charge >= 0.3 is 5.97 Å². The van der Waals surface area contributed by atoms with Gasteiger partial charge in [0, 0.05) is 29.0 Å². The van der Waals surface area contributed by atoms with Gasteiger partial charge in [0.1, 0.15) is 0 Å². The van der Waals surface area contributed by atoms with Crippen LogP contribution in [0.2, 0.25) is 0 Å². The number of carbonyl (C=O) groups excluding carboxylic acids is 1. The van der Waals surface area contributed by atoms with Crippen molar-refractivity contribution in [3.63, 3.8) is 0 Å². The van der Waals surface area contributed by atoms with E-state index in [1.807, 2.05) is 31.3 Å². The summed E-state index contributed by atoms with van der Waals surface area (Å²) < 4.78 is 18.6. The van der Waals surface area contributed by atoms with E-state index in [0.717, 1.165) is 16.6 Å². The van der Waals surface area contributed by atoms with Gasteiger partial charge in [-0.05, 0) is 6.07 Å². The predicted octanol–water partition coefficient (Wildman–Crippen LogP) is 1.63. The van der Waals surface area contributed by atoms with Crippen molar-refractivity contribution in [1.82, 2.24) is 9.78 Å². The second-order valence-corrected chi connectivity index (χ2v) is 6.26. The van der Waals surface area contributed by atoms with Crippen molar-refractivity contribution in [2.24, 2.45) is 13.0 Å². The maximum atomic E-state index is 12.2. The molecule has 0 amide bonds. The molecule has 0 aliphatic rings. The quantitative estimate of drug-likeness (QED) is 0.786. The Morgan fingerprint density at radius 3 is 2.85 bits per heavy atom. The van der Waals surface area contributed by atoms with Crippen molar-refractivity contribution in [2.75, 3.05) is 12.9 Å². The molecule has 0 radical (unpaired) electrons. The standard InChI is InChI=1S/C14H18N2O3S/c1-10(14(17)19-3)8-20(18)9-12-11-6-4-5-7-13(11)16(2)15-12/h4-7,10H,8-9H2,1-3H3. The number of aromatic nitrogens is 2. The van der Waals surface area contributed by atoms with E-state index in [2.05, 4.69) is 9.84 Å².